The summed E-state index contributed by atoms with van der Waals surface area (Å²) in [5.41, 5.74) is 1.20. The Morgan fingerprint density at radius 2 is 1.50 bits per heavy atom. The fourth-order valence-corrected chi connectivity index (χ4v) is 4.94. The van der Waals surface area contributed by atoms with Crippen molar-refractivity contribution in [3.63, 3.8) is 0 Å². The van der Waals surface area contributed by atoms with Gasteiger partial charge in [-0.3, -0.25) is 4.79 Å². The predicted octanol–water partition coefficient (Wildman–Crippen LogP) is 1.83. The fourth-order valence-electron chi connectivity index (χ4n) is 3.52. The summed E-state index contributed by atoms with van der Waals surface area (Å²) in [5.74, 6) is 1.13. The van der Waals surface area contributed by atoms with E-state index in [0.29, 0.717) is 54.7 Å². The Kier molecular flexibility index (Phi) is 7.60. The lowest BCUT2D eigenvalue weighted by molar-refractivity contribution is -0.115. The van der Waals surface area contributed by atoms with Gasteiger partial charge in [-0.15, -0.1) is 0 Å². The molecule has 1 amide bonds. The molecule has 0 spiro atoms. The molecule has 0 unspecified atom stereocenters. The van der Waals surface area contributed by atoms with Crippen LogP contribution in [0.3, 0.4) is 0 Å². The number of hydrogen-bond acceptors (Lipinski definition) is 7. The van der Waals surface area contributed by atoms with E-state index in [4.69, 9.17) is 14.2 Å². The number of carbonyl (C=O) groups is 1. The van der Waals surface area contributed by atoms with Crippen LogP contribution in [0, 0.1) is 0 Å². The van der Waals surface area contributed by atoms with Gasteiger partial charge in [-0.05, 0) is 49.0 Å². The molecule has 1 saturated heterocycles. The number of piperazine rings is 1. The van der Waals surface area contributed by atoms with Gasteiger partial charge < -0.3 is 24.4 Å². The van der Waals surface area contributed by atoms with Crippen LogP contribution in [0.2, 0.25) is 0 Å². The normalized spacial score (nSPS) is 15.2. The van der Waals surface area contributed by atoms with E-state index in [1.807, 2.05) is 7.05 Å². The van der Waals surface area contributed by atoms with Crippen LogP contribution >= 0.6 is 0 Å². The summed E-state index contributed by atoms with van der Waals surface area (Å²) < 4.78 is 43.1. The van der Waals surface area contributed by atoms with Gasteiger partial charge in [0.05, 0.1) is 32.6 Å². The number of nitrogens with one attached hydrogen (secondary N) is 1. The van der Waals surface area contributed by atoms with Crippen LogP contribution in [0.25, 0.3) is 0 Å². The lowest BCUT2D eigenvalue weighted by Gasteiger charge is -2.31. The van der Waals surface area contributed by atoms with Crippen molar-refractivity contribution >= 4 is 21.6 Å². The highest BCUT2D eigenvalue weighted by Gasteiger charge is 2.27. The number of carbonyl (C=O) groups excluding carboxylic acids is 1. The molecule has 9 nitrogen and oxygen atoms in total. The Hall–Kier alpha value is -2.82. The molecule has 0 aromatic heterocycles. The highest BCUT2D eigenvalue weighted by molar-refractivity contribution is 7.89. The summed E-state index contributed by atoms with van der Waals surface area (Å²) in [6.45, 7) is 2.33. The number of amides is 1. The summed E-state index contributed by atoms with van der Waals surface area (Å²) >= 11 is 0. The monoisotopic (exact) mass is 463 g/mol. The lowest BCUT2D eigenvalue weighted by Crippen LogP contribution is -2.46. The van der Waals surface area contributed by atoms with Gasteiger partial charge in [0.2, 0.25) is 21.7 Å². The first-order valence-electron chi connectivity index (χ1n) is 10.2. The molecule has 0 atom stereocenters. The third kappa shape index (κ3) is 5.32. The quantitative estimate of drug-likeness (QED) is 0.638. The van der Waals surface area contributed by atoms with Crippen LogP contribution in [0.1, 0.15) is 5.56 Å². The number of rotatable bonds is 8. The van der Waals surface area contributed by atoms with Crippen molar-refractivity contribution in [1.29, 1.82) is 0 Å². The number of sulfonamides is 1. The van der Waals surface area contributed by atoms with Gasteiger partial charge >= 0.3 is 0 Å². The van der Waals surface area contributed by atoms with Gasteiger partial charge in [0, 0.05) is 31.9 Å². The maximum Gasteiger partial charge on any atom is 0.243 e. The van der Waals surface area contributed by atoms with Crippen molar-refractivity contribution in [2.45, 2.75) is 11.3 Å². The van der Waals surface area contributed by atoms with E-state index < -0.39 is 10.0 Å². The van der Waals surface area contributed by atoms with E-state index in [1.165, 1.54) is 37.8 Å². The van der Waals surface area contributed by atoms with Gasteiger partial charge in [-0.2, -0.15) is 4.31 Å². The Morgan fingerprint density at radius 1 is 0.938 bits per heavy atom. The van der Waals surface area contributed by atoms with Gasteiger partial charge in [0.15, 0.2) is 11.5 Å². The number of likely N-dealkylation sites (N-methyl/N-ethyl adjacent to an activating group) is 1. The molecule has 174 valence electrons. The average molecular weight is 464 g/mol. The summed E-state index contributed by atoms with van der Waals surface area (Å²) in [5, 5.41) is 2.79. The van der Waals surface area contributed by atoms with E-state index in [1.54, 1.807) is 24.3 Å². The molecule has 2 aromatic carbocycles. The van der Waals surface area contributed by atoms with E-state index in [9.17, 15) is 13.2 Å². The Morgan fingerprint density at radius 3 is 2.00 bits per heavy atom. The summed E-state index contributed by atoms with van der Waals surface area (Å²) in [7, 11) is 2.96. The third-order valence-corrected chi connectivity index (χ3v) is 7.24. The summed E-state index contributed by atoms with van der Waals surface area (Å²) in [6.07, 6.45) is 0.0814. The molecular weight excluding hydrogens is 434 g/mol. The highest BCUT2D eigenvalue weighted by atomic mass is 32.2. The van der Waals surface area contributed by atoms with Gasteiger partial charge in [0.1, 0.15) is 0 Å². The first-order chi connectivity index (χ1) is 15.3. The maximum absolute atomic E-state index is 12.8. The number of methoxy groups -OCH3 is 3. The molecule has 1 aliphatic rings. The predicted molar refractivity (Wildman–Crippen MR) is 121 cm³/mol. The van der Waals surface area contributed by atoms with E-state index in [0.717, 1.165) is 0 Å². The van der Waals surface area contributed by atoms with Crippen molar-refractivity contribution in [2.24, 2.45) is 0 Å². The second kappa shape index (κ2) is 10.2. The minimum atomic E-state index is -3.55. The molecule has 1 fully saturated rings. The Labute approximate surface area is 188 Å². The average Bonchev–Trinajstić information content (AvgIpc) is 2.78. The molecule has 1 heterocycles. The SMILES string of the molecule is COc1cc(CC(=O)Nc2ccc(S(=O)(=O)N3CCN(C)CC3)cc2)cc(OC)c1OC. The Bertz CT molecular complexity index is 1020. The minimum absolute atomic E-state index is 0.0814. The van der Waals surface area contributed by atoms with Crippen LogP contribution in [-0.4, -0.2) is 78.1 Å². The van der Waals surface area contributed by atoms with E-state index in [2.05, 4.69) is 10.2 Å². The first-order valence-corrected chi connectivity index (χ1v) is 11.6. The van der Waals surface area contributed by atoms with Crippen molar-refractivity contribution in [2.75, 3.05) is 59.9 Å². The molecule has 10 heteroatoms. The number of nitrogens with zero attached hydrogens (tertiary/aromatic N) is 2. The van der Waals surface area contributed by atoms with E-state index in [-0.39, 0.29) is 17.2 Å². The van der Waals surface area contributed by atoms with Crippen molar-refractivity contribution in [3.05, 3.63) is 42.0 Å². The van der Waals surface area contributed by atoms with Crippen LogP contribution in [0.15, 0.2) is 41.3 Å². The molecule has 1 aliphatic heterocycles. The lowest BCUT2D eigenvalue weighted by atomic mass is 10.1. The van der Waals surface area contributed by atoms with E-state index >= 15 is 0 Å². The summed E-state index contributed by atoms with van der Waals surface area (Å²) in [4.78, 5) is 14.8. The molecule has 3 rings (SSSR count). The Balaban J connectivity index is 1.67. The van der Waals surface area contributed by atoms with Crippen LogP contribution in [0.4, 0.5) is 5.69 Å². The minimum Gasteiger partial charge on any atom is -0.493 e. The second-order valence-corrected chi connectivity index (χ2v) is 9.43. The number of hydrogen-bond donors (Lipinski definition) is 1. The topological polar surface area (TPSA) is 97.4 Å². The van der Waals surface area contributed by atoms with Gasteiger partial charge in [-0.25, -0.2) is 8.42 Å². The molecule has 1 N–H and O–H groups in total. The first kappa shape index (κ1) is 23.8. The molecule has 2 aromatic rings. The molecule has 32 heavy (non-hydrogen) atoms. The largest absolute Gasteiger partial charge is 0.493 e. The zero-order chi connectivity index (χ0) is 23.3. The zero-order valence-electron chi connectivity index (χ0n) is 18.8. The molecular formula is C22H29N3O6S. The number of anilines is 1. The van der Waals surface area contributed by atoms with Crippen molar-refractivity contribution in [3.8, 4) is 17.2 Å². The van der Waals surface area contributed by atoms with Crippen molar-refractivity contribution in [1.82, 2.24) is 9.21 Å². The van der Waals surface area contributed by atoms with Crippen molar-refractivity contribution < 1.29 is 27.4 Å². The second-order valence-electron chi connectivity index (χ2n) is 7.49. The molecule has 0 saturated carbocycles. The van der Waals surface area contributed by atoms with Crippen LogP contribution in [0.5, 0.6) is 17.2 Å². The van der Waals surface area contributed by atoms with Gasteiger partial charge in [-0.1, -0.05) is 0 Å². The standard InChI is InChI=1S/C22H29N3O6S/c1-24-9-11-25(12-10-24)32(27,28)18-7-5-17(6-8-18)23-21(26)15-16-13-19(29-2)22(31-4)20(14-16)30-3/h5-8,13-14H,9-12,15H2,1-4H3,(H,23,26). The smallest absolute Gasteiger partial charge is 0.243 e. The zero-order valence-corrected chi connectivity index (χ0v) is 19.6. The molecule has 0 radical (unpaired) electrons. The molecule has 0 bridgehead atoms. The summed E-state index contributed by atoms with van der Waals surface area (Å²) in [6, 6.07) is 9.65. The molecule has 0 aliphatic carbocycles. The number of benzene rings is 2. The van der Waals surface area contributed by atoms with Crippen LogP contribution < -0.4 is 19.5 Å². The third-order valence-electron chi connectivity index (χ3n) is 5.33. The highest BCUT2D eigenvalue weighted by Crippen LogP contribution is 2.38. The number of ether oxygens (including phenoxy) is 3. The van der Waals surface area contributed by atoms with Gasteiger partial charge in [0.25, 0.3) is 0 Å². The fraction of sp³-hybridized carbons (Fsp3) is 0.409. The maximum atomic E-state index is 12.8. The van der Waals surface area contributed by atoms with Crippen LogP contribution in [-0.2, 0) is 21.2 Å².